The number of rotatable bonds is 8. The molecule has 1 N–H and O–H groups in total. The van der Waals surface area contributed by atoms with Crippen LogP contribution in [0.4, 0.5) is 0 Å². The van der Waals surface area contributed by atoms with Crippen molar-refractivity contribution in [1.82, 2.24) is 5.32 Å². The zero-order valence-corrected chi connectivity index (χ0v) is 12.7. The molecule has 19 heavy (non-hydrogen) atoms. The van der Waals surface area contributed by atoms with E-state index in [1.54, 1.807) is 7.11 Å². The Bertz CT molecular complexity index is 422. The van der Waals surface area contributed by atoms with Crippen LogP contribution in [0.15, 0.2) is 28.8 Å². The Morgan fingerprint density at radius 2 is 2.21 bits per heavy atom. The monoisotopic (exact) mass is 303 g/mol. The number of para-hydroxylation sites is 1. The first-order valence-corrected chi connectivity index (χ1v) is 6.86. The predicted octanol–water partition coefficient (Wildman–Crippen LogP) is 3.43. The zero-order valence-electron chi connectivity index (χ0n) is 11.2. The summed E-state index contributed by atoms with van der Waals surface area (Å²) in [6.45, 7) is 4.49. The molecule has 0 aliphatic heterocycles. The van der Waals surface area contributed by atoms with Gasteiger partial charge >= 0.3 is 0 Å². The van der Waals surface area contributed by atoms with Crippen LogP contribution in [-0.2, 0) is 11.3 Å². The molecule has 106 valence electrons. The molecule has 0 aromatic heterocycles. The van der Waals surface area contributed by atoms with E-state index >= 15 is 0 Å². The normalized spacial score (nSPS) is 11.7. The summed E-state index contributed by atoms with van der Waals surface area (Å²) in [5, 5.41) is 3.77. The Balaban J connectivity index is 2.66. The topological polar surface area (TPSA) is 30.5 Å². The quantitative estimate of drug-likeness (QED) is 0.746. The molecule has 1 aromatic carbocycles. The Morgan fingerprint density at radius 3 is 2.89 bits per heavy atom. The van der Waals surface area contributed by atoms with Gasteiger partial charge in [-0.25, -0.2) is 0 Å². The molecule has 0 bridgehead atoms. The summed E-state index contributed by atoms with van der Waals surface area (Å²) in [5.41, 5.74) is 3.48. The maximum absolute atomic E-state index is 5.84. The van der Waals surface area contributed by atoms with Gasteiger partial charge in [0.05, 0.1) is 11.6 Å². The van der Waals surface area contributed by atoms with Crippen LogP contribution in [0.5, 0.6) is 5.75 Å². The van der Waals surface area contributed by atoms with Gasteiger partial charge in [-0.2, -0.15) is 0 Å². The molecule has 1 rings (SSSR count). The number of aryl methyl sites for hydroxylation is 1. The number of methoxy groups -OCH3 is 1. The van der Waals surface area contributed by atoms with Crippen molar-refractivity contribution in [3.63, 3.8) is 0 Å². The van der Waals surface area contributed by atoms with Gasteiger partial charge in [-0.3, -0.25) is 0 Å². The minimum Gasteiger partial charge on any atom is -0.487 e. The average Bonchev–Trinajstić information content (AvgIpc) is 2.42. The highest BCUT2D eigenvalue weighted by Crippen LogP contribution is 2.24. The highest BCUT2D eigenvalue weighted by atomic mass is 35.5. The van der Waals surface area contributed by atoms with E-state index in [1.165, 1.54) is 5.54 Å². The van der Waals surface area contributed by atoms with E-state index in [0.717, 1.165) is 30.0 Å². The first-order valence-electron chi connectivity index (χ1n) is 6.04. The van der Waals surface area contributed by atoms with Crippen LogP contribution in [0.1, 0.15) is 11.1 Å². The van der Waals surface area contributed by atoms with Gasteiger partial charge in [-0.1, -0.05) is 41.4 Å². The molecule has 0 unspecified atom stereocenters. The lowest BCUT2D eigenvalue weighted by molar-refractivity contribution is 0.199. The molecule has 3 nitrogen and oxygen atoms in total. The molecule has 0 aliphatic carbocycles. The first-order chi connectivity index (χ1) is 9.19. The van der Waals surface area contributed by atoms with Gasteiger partial charge in [0.15, 0.2) is 0 Å². The summed E-state index contributed by atoms with van der Waals surface area (Å²) in [7, 11) is 1.68. The lowest BCUT2D eigenvalue weighted by atomic mass is 10.1. The van der Waals surface area contributed by atoms with Crippen molar-refractivity contribution in [3.05, 3.63) is 39.9 Å². The molecule has 0 aliphatic rings. The van der Waals surface area contributed by atoms with Gasteiger partial charge in [0, 0.05) is 31.3 Å². The summed E-state index contributed by atoms with van der Waals surface area (Å²) in [6.07, 6.45) is 0. The lowest BCUT2D eigenvalue weighted by Crippen LogP contribution is -2.19. The number of nitrogens with one attached hydrogen (secondary N) is 1. The van der Waals surface area contributed by atoms with Crippen LogP contribution in [0.3, 0.4) is 0 Å². The fraction of sp³-hybridized carbons (Fsp3) is 0.429. The van der Waals surface area contributed by atoms with E-state index in [1.807, 2.05) is 25.1 Å². The fourth-order valence-corrected chi connectivity index (χ4v) is 1.75. The van der Waals surface area contributed by atoms with Crippen molar-refractivity contribution < 1.29 is 9.47 Å². The molecule has 0 amide bonds. The largest absolute Gasteiger partial charge is 0.487 e. The summed E-state index contributed by atoms with van der Waals surface area (Å²) < 4.78 is 10.7. The Morgan fingerprint density at radius 1 is 1.42 bits per heavy atom. The molecule has 0 fully saturated rings. The molecule has 0 saturated carbocycles. The maximum atomic E-state index is 5.84. The SMILES string of the molecule is COCCNCc1cccc(C)c1OC/C(Cl)=C/Cl. The third kappa shape index (κ3) is 5.83. The van der Waals surface area contributed by atoms with Crippen molar-refractivity contribution in [2.45, 2.75) is 13.5 Å². The van der Waals surface area contributed by atoms with E-state index in [-0.39, 0.29) is 6.61 Å². The first kappa shape index (κ1) is 16.3. The Hall–Kier alpha value is -0.740. The van der Waals surface area contributed by atoms with Gasteiger partial charge in [0.1, 0.15) is 12.4 Å². The average molecular weight is 304 g/mol. The summed E-state index contributed by atoms with van der Waals surface area (Å²) in [4.78, 5) is 0. The standard InChI is InChI=1S/C14H19Cl2NO2/c1-11-4-3-5-12(9-17-6-7-18-2)14(11)19-10-13(16)8-15/h3-5,8,17H,6-7,9-10H2,1-2H3/b13-8-. The summed E-state index contributed by atoms with van der Waals surface area (Å²) in [6, 6.07) is 6.04. The predicted molar refractivity (Wildman–Crippen MR) is 80.0 cm³/mol. The lowest BCUT2D eigenvalue weighted by Gasteiger charge is -2.14. The second kappa shape index (κ2) is 9.21. The Labute approximate surface area is 124 Å². The minimum atomic E-state index is 0.279. The number of hydrogen-bond acceptors (Lipinski definition) is 3. The van der Waals surface area contributed by atoms with Gasteiger partial charge < -0.3 is 14.8 Å². The van der Waals surface area contributed by atoms with Crippen molar-refractivity contribution in [2.24, 2.45) is 0 Å². The molecule has 0 atom stereocenters. The van der Waals surface area contributed by atoms with Crippen molar-refractivity contribution in [3.8, 4) is 5.75 Å². The maximum Gasteiger partial charge on any atom is 0.127 e. The molecule has 0 saturated heterocycles. The van der Waals surface area contributed by atoms with Crippen LogP contribution < -0.4 is 10.1 Å². The van der Waals surface area contributed by atoms with Crippen molar-refractivity contribution in [1.29, 1.82) is 0 Å². The molecule has 0 radical (unpaired) electrons. The van der Waals surface area contributed by atoms with Crippen molar-refractivity contribution >= 4 is 23.2 Å². The van der Waals surface area contributed by atoms with E-state index < -0.39 is 0 Å². The van der Waals surface area contributed by atoms with Crippen LogP contribution in [0, 0.1) is 6.92 Å². The third-order valence-electron chi connectivity index (χ3n) is 2.56. The number of benzene rings is 1. The zero-order chi connectivity index (χ0) is 14.1. The van der Waals surface area contributed by atoms with Crippen LogP contribution in [0.25, 0.3) is 0 Å². The molecule has 0 spiro atoms. The van der Waals surface area contributed by atoms with E-state index in [9.17, 15) is 0 Å². The van der Waals surface area contributed by atoms with Crippen LogP contribution >= 0.6 is 23.2 Å². The smallest absolute Gasteiger partial charge is 0.127 e. The fourth-order valence-electron chi connectivity index (χ4n) is 1.63. The number of ether oxygens (including phenoxy) is 2. The van der Waals surface area contributed by atoms with E-state index in [4.69, 9.17) is 32.7 Å². The van der Waals surface area contributed by atoms with E-state index in [2.05, 4.69) is 5.32 Å². The molecular formula is C14H19Cl2NO2. The van der Waals surface area contributed by atoms with Gasteiger partial charge in [0.25, 0.3) is 0 Å². The van der Waals surface area contributed by atoms with Gasteiger partial charge in [-0.15, -0.1) is 0 Å². The van der Waals surface area contributed by atoms with Crippen molar-refractivity contribution in [2.75, 3.05) is 26.9 Å². The highest BCUT2D eigenvalue weighted by Gasteiger charge is 2.07. The highest BCUT2D eigenvalue weighted by molar-refractivity contribution is 6.36. The summed E-state index contributed by atoms with van der Waals surface area (Å²) in [5.74, 6) is 0.851. The van der Waals surface area contributed by atoms with Crippen LogP contribution in [-0.4, -0.2) is 26.9 Å². The summed E-state index contributed by atoms with van der Waals surface area (Å²) >= 11 is 11.4. The molecule has 5 heteroatoms. The van der Waals surface area contributed by atoms with E-state index in [0.29, 0.717) is 11.6 Å². The van der Waals surface area contributed by atoms with Gasteiger partial charge in [-0.05, 0) is 12.5 Å². The molecule has 0 heterocycles. The van der Waals surface area contributed by atoms with Crippen LogP contribution in [0.2, 0.25) is 0 Å². The molecular weight excluding hydrogens is 285 g/mol. The number of hydrogen-bond donors (Lipinski definition) is 1. The Kier molecular flexibility index (Phi) is 7.91. The minimum absolute atomic E-state index is 0.279. The second-order valence-electron chi connectivity index (χ2n) is 4.08. The second-order valence-corrected chi connectivity index (χ2v) is 4.78. The number of halogens is 2. The van der Waals surface area contributed by atoms with Gasteiger partial charge in [0.2, 0.25) is 0 Å². The molecule has 1 aromatic rings. The third-order valence-corrected chi connectivity index (χ3v) is 3.16.